The molecule has 8 nitrogen and oxygen atoms in total. The van der Waals surface area contributed by atoms with E-state index in [0.29, 0.717) is 57.1 Å². The first-order chi connectivity index (χ1) is 20.5. The van der Waals surface area contributed by atoms with Crippen LogP contribution in [-0.2, 0) is 4.74 Å². The maximum atomic E-state index is 13.9. The first-order valence-corrected chi connectivity index (χ1v) is 14.3. The molecule has 3 aromatic rings. The van der Waals surface area contributed by atoms with Crippen molar-refractivity contribution in [3.63, 3.8) is 0 Å². The van der Waals surface area contributed by atoms with Crippen LogP contribution in [0.25, 0.3) is 11.1 Å². The van der Waals surface area contributed by atoms with E-state index in [1.807, 2.05) is 41.3 Å². The number of halogens is 6. The molecule has 1 aromatic heterocycles. The number of alkyl halides is 5. The lowest BCUT2D eigenvalue weighted by molar-refractivity contribution is -0.325. The number of benzene rings is 2. The summed E-state index contributed by atoms with van der Waals surface area (Å²) in [4.78, 5) is 17.7. The molecule has 2 aliphatic heterocycles. The van der Waals surface area contributed by atoms with Gasteiger partial charge in [0.15, 0.2) is 0 Å². The molecule has 5 rings (SSSR count). The molecular formula is C29H31ClF5N5O3. The Morgan fingerprint density at radius 3 is 2.42 bits per heavy atom. The van der Waals surface area contributed by atoms with Crippen LogP contribution >= 0.6 is 11.6 Å². The highest BCUT2D eigenvalue weighted by Gasteiger charge is 2.32. The molecular weight excluding hydrogens is 597 g/mol. The molecule has 1 N–H and O–H groups in total. The van der Waals surface area contributed by atoms with Crippen LogP contribution in [0.1, 0.15) is 41.4 Å². The van der Waals surface area contributed by atoms with Gasteiger partial charge in [0.05, 0.1) is 18.8 Å². The van der Waals surface area contributed by atoms with Crippen LogP contribution in [0.4, 0.5) is 33.3 Å². The van der Waals surface area contributed by atoms with E-state index in [4.69, 9.17) is 11.6 Å². The molecule has 3 heterocycles. The number of piperazine rings is 1. The van der Waals surface area contributed by atoms with Gasteiger partial charge in [0, 0.05) is 67.8 Å². The van der Waals surface area contributed by atoms with Crippen molar-refractivity contribution < 1.29 is 36.6 Å². The SMILES string of the molecule is O=C(O)c1cnn(C2CCCN(c3cc(Cl)ccc3-c3ccc(N4CCN(CCOC(F)(F)F)CC4)cc3)C2)c1C(F)F. The summed E-state index contributed by atoms with van der Waals surface area (Å²) >= 11 is 6.39. The van der Waals surface area contributed by atoms with E-state index in [2.05, 4.69) is 19.6 Å². The summed E-state index contributed by atoms with van der Waals surface area (Å²) in [6.45, 7) is 3.43. The number of carboxylic acid groups (broad SMARTS) is 1. The van der Waals surface area contributed by atoms with E-state index in [1.165, 1.54) is 0 Å². The zero-order chi connectivity index (χ0) is 30.7. The molecule has 0 radical (unpaired) electrons. The highest BCUT2D eigenvalue weighted by molar-refractivity contribution is 6.31. The molecule has 2 aromatic carbocycles. The molecule has 2 saturated heterocycles. The Labute approximate surface area is 250 Å². The second-order valence-corrected chi connectivity index (χ2v) is 11.0. The molecule has 1 atom stereocenters. The van der Waals surface area contributed by atoms with Crippen molar-refractivity contribution in [2.24, 2.45) is 0 Å². The van der Waals surface area contributed by atoms with Crippen LogP contribution in [0.15, 0.2) is 48.7 Å². The molecule has 0 amide bonds. The topological polar surface area (TPSA) is 74.1 Å². The zero-order valence-electron chi connectivity index (χ0n) is 23.1. The smallest absolute Gasteiger partial charge is 0.478 e. The maximum absolute atomic E-state index is 13.9. The Bertz CT molecular complexity index is 1410. The summed E-state index contributed by atoms with van der Waals surface area (Å²) in [7, 11) is 0. The third-order valence-electron chi connectivity index (χ3n) is 7.90. The minimum Gasteiger partial charge on any atom is -0.478 e. The monoisotopic (exact) mass is 627 g/mol. The van der Waals surface area contributed by atoms with Gasteiger partial charge in [0.1, 0.15) is 11.3 Å². The number of anilines is 2. The largest absolute Gasteiger partial charge is 0.522 e. The van der Waals surface area contributed by atoms with Crippen LogP contribution in [0.5, 0.6) is 0 Å². The average Bonchev–Trinajstić information content (AvgIpc) is 3.44. The lowest BCUT2D eigenvalue weighted by Gasteiger charge is -2.37. The zero-order valence-corrected chi connectivity index (χ0v) is 23.9. The molecule has 14 heteroatoms. The summed E-state index contributed by atoms with van der Waals surface area (Å²) in [5.41, 5.74) is 2.59. The first-order valence-electron chi connectivity index (χ1n) is 13.9. The third kappa shape index (κ3) is 7.39. The van der Waals surface area contributed by atoms with E-state index in [-0.39, 0.29) is 6.54 Å². The second-order valence-electron chi connectivity index (χ2n) is 10.6. The molecule has 2 fully saturated rings. The molecule has 0 saturated carbocycles. The van der Waals surface area contributed by atoms with Gasteiger partial charge in [0.25, 0.3) is 6.43 Å². The number of hydrogen-bond donors (Lipinski definition) is 1. The van der Waals surface area contributed by atoms with Crippen molar-refractivity contribution in [1.29, 1.82) is 0 Å². The van der Waals surface area contributed by atoms with Gasteiger partial charge in [0.2, 0.25) is 0 Å². The fraction of sp³-hybridized carbons (Fsp3) is 0.448. The van der Waals surface area contributed by atoms with Crippen molar-refractivity contribution in [2.45, 2.75) is 31.7 Å². The van der Waals surface area contributed by atoms with Crippen molar-refractivity contribution in [1.82, 2.24) is 14.7 Å². The number of hydrogen-bond acceptors (Lipinski definition) is 6. The predicted molar refractivity (Wildman–Crippen MR) is 152 cm³/mol. The van der Waals surface area contributed by atoms with Crippen LogP contribution in [0, 0.1) is 0 Å². The van der Waals surface area contributed by atoms with Gasteiger partial charge in [-0.3, -0.25) is 14.3 Å². The van der Waals surface area contributed by atoms with Gasteiger partial charge in [-0.25, -0.2) is 13.6 Å². The Morgan fingerprint density at radius 2 is 1.77 bits per heavy atom. The number of rotatable bonds is 9. The van der Waals surface area contributed by atoms with Gasteiger partial charge in [-0.15, -0.1) is 13.2 Å². The average molecular weight is 628 g/mol. The van der Waals surface area contributed by atoms with Crippen LogP contribution in [0.3, 0.4) is 0 Å². The van der Waals surface area contributed by atoms with E-state index in [1.54, 1.807) is 6.07 Å². The van der Waals surface area contributed by atoms with Gasteiger partial charge < -0.3 is 14.9 Å². The molecule has 0 spiro atoms. The van der Waals surface area contributed by atoms with Crippen molar-refractivity contribution in [2.75, 3.05) is 62.2 Å². The van der Waals surface area contributed by atoms with Crippen molar-refractivity contribution in [3.8, 4) is 11.1 Å². The molecule has 232 valence electrons. The quantitative estimate of drug-likeness (QED) is 0.278. The van der Waals surface area contributed by atoms with E-state index in [0.717, 1.165) is 33.4 Å². The summed E-state index contributed by atoms with van der Waals surface area (Å²) in [6, 6.07) is 13.1. The Kier molecular flexibility index (Phi) is 9.42. The Balaban J connectivity index is 1.29. The molecule has 1 unspecified atom stereocenters. The summed E-state index contributed by atoms with van der Waals surface area (Å²) in [5, 5.41) is 13.9. The number of aromatic carboxylic acids is 1. The third-order valence-corrected chi connectivity index (χ3v) is 8.14. The Hall–Kier alpha value is -3.42. The first kappa shape index (κ1) is 31.0. The lowest BCUT2D eigenvalue weighted by atomic mass is 9.99. The van der Waals surface area contributed by atoms with E-state index in [9.17, 15) is 31.9 Å². The molecule has 2 aliphatic rings. The normalized spacial score (nSPS) is 18.4. The number of piperidine rings is 1. The van der Waals surface area contributed by atoms with E-state index < -0.39 is 42.7 Å². The number of aromatic nitrogens is 2. The van der Waals surface area contributed by atoms with Crippen LogP contribution < -0.4 is 9.80 Å². The maximum Gasteiger partial charge on any atom is 0.522 e. The minimum absolute atomic E-state index is 0.216. The second kappa shape index (κ2) is 13.1. The number of ether oxygens (including phenoxy) is 1. The predicted octanol–water partition coefficient (Wildman–Crippen LogP) is 6.34. The number of carbonyl (C=O) groups is 1. The minimum atomic E-state index is -4.62. The van der Waals surface area contributed by atoms with Gasteiger partial charge in [-0.05, 0) is 42.7 Å². The lowest BCUT2D eigenvalue weighted by Crippen LogP contribution is -2.47. The van der Waals surface area contributed by atoms with Crippen molar-refractivity contribution >= 4 is 28.9 Å². The van der Waals surface area contributed by atoms with Crippen LogP contribution in [0.2, 0.25) is 5.02 Å². The van der Waals surface area contributed by atoms with Crippen LogP contribution in [-0.4, -0.2) is 84.5 Å². The highest BCUT2D eigenvalue weighted by Crippen LogP contribution is 2.38. The van der Waals surface area contributed by atoms with E-state index >= 15 is 0 Å². The molecule has 43 heavy (non-hydrogen) atoms. The van der Waals surface area contributed by atoms with Crippen molar-refractivity contribution in [3.05, 3.63) is 64.9 Å². The number of carboxylic acids is 1. The summed E-state index contributed by atoms with van der Waals surface area (Å²) < 4.78 is 69.5. The van der Waals surface area contributed by atoms with Gasteiger partial charge >= 0.3 is 12.3 Å². The standard InChI is InChI=1S/C29H31ClF5N5O3/c30-20-5-8-23(19-3-6-21(7-4-19)38-12-10-37(11-13-38)14-15-43-29(33,34)35)25(16-20)39-9-1-2-22(18-39)40-26(27(31)32)24(17-36-40)28(41)42/h3-8,16-17,22,27H,1-2,9-15,18H2,(H,41,42). The molecule has 0 aliphatic carbocycles. The summed E-state index contributed by atoms with van der Waals surface area (Å²) in [5.74, 6) is -1.44. The fourth-order valence-electron chi connectivity index (χ4n) is 5.80. The van der Waals surface area contributed by atoms with Gasteiger partial charge in [-0.2, -0.15) is 5.10 Å². The summed E-state index contributed by atoms with van der Waals surface area (Å²) in [6.07, 6.45) is -5.35. The fourth-order valence-corrected chi connectivity index (χ4v) is 5.97. The Morgan fingerprint density at radius 1 is 1.05 bits per heavy atom. The highest BCUT2D eigenvalue weighted by atomic mass is 35.5. The number of nitrogens with zero attached hydrogens (tertiary/aromatic N) is 5. The molecule has 0 bridgehead atoms. The van der Waals surface area contributed by atoms with Gasteiger partial charge in [-0.1, -0.05) is 29.8 Å².